The van der Waals surface area contributed by atoms with E-state index in [1.807, 2.05) is 4.90 Å². The third-order valence-corrected chi connectivity index (χ3v) is 3.16. The second-order valence-corrected chi connectivity index (χ2v) is 4.14. The van der Waals surface area contributed by atoms with Crippen LogP contribution in [0, 0.1) is 0 Å². The van der Waals surface area contributed by atoms with E-state index in [1.165, 1.54) is 11.8 Å². The molecule has 78 valence electrons. The van der Waals surface area contributed by atoms with E-state index in [1.54, 1.807) is 0 Å². The number of carbonyl (C=O) groups is 1. The standard InChI is InChI=1S/C8H12N2O3S/c11-4-6-3-10(1-2-13-6)8-9-7(12)5-14-8/h6,11H,1-5H2/t6-/m1/s1. The Kier molecular flexibility index (Phi) is 3.05. The number of morpholine rings is 1. The number of ether oxygens (including phenoxy) is 1. The van der Waals surface area contributed by atoms with Gasteiger partial charge in [-0.2, -0.15) is 4.99 Å². The van der Waals surface area contributed by atoms with Crippen molar-refractivity contribution >= 4 is 22.8 Å². The lowest BCUT2D eigenvalue weighted by Gasteiger charge is -2.32. The smallest absolute Gasteiger partial charge is 0.258 e. The number of nitrogens with zero attached hydrogens (tertiary/aromatic N) is 2. The van der Waals surface area contributed by atoms with E-state index in [-0.39, 0.29) is 18.6 Å². The first-order valence-corrected chi connectivity index (χ1v) is 5.50. The Hall–Kier alpha value is -0.590. The number of hydrogen-bond acceptors (Lipinski definition) is 5. The third kappa shape index (κ3) is 2.08. The molecule has 5 nitrogen and oxygen atoms in total. The molecular formula is C8H12N2O3S. The first kappa shape index (κ1) is 9.95. The Morgan fingerprint density at radius 2 is 2.57 bits per heavy atom. The van der Waals surface area contributed by atoms with Gasteiger partial charge in [0.05, 0.1) is 25.1 Å². The molecule has 0 aromatic carbocycles. The lowest BCUT2D eigenvalue weighted by molar-refractivity contribution is -0.115. The molecule has 6 heteroatoms. The predicted octanol–water partition coefficient (Wildman–Crippen LogP) is -0.691. The van der Waals surface area contributed by atoms with Crippen molar-refractivity contribution in [3.8, 4) is 0 Å². The summed E-state index contributed by atoms with van der Waals surface area (Å²) >= 11 is 1.46. The quantitative estimate of drug-likeness (QED) is 0.628. The minimum absolute atomic E-state index is 0.0163. The topological polar surface area (TPSA) is 62.1 Å². The number of hydrogen-bond donors (Lipinski definition) is 1. The average Bonchev–Trinajstić information content (AvgIpc) is 2.65. The molecule has 2 heterocycles. The minimum atomic E-state index is -0.150. The van der Waals surface area contributed by atoms with Gasteiger partial charge in [-0.25, -0.2) is 0 Å². The van der Waals surface area contributed by atoms with Gasteiger partial charge in [0.15, 0.2) is 5.17 Å². The number of aliphatic hydroxyl groups excluding tert-OH is 1. The molecule has 0 radical (unpaired) electrons. The summed E-state index contributed by atoms with van der Waals surface area (Å²) in [6.07, 6.45) is -0.150. The Morgan fingerprint density at radius 1 is 1.71 bits per heavy atom. The number of amidine groups is 1. The van der Waals surface area contributed by atoms with E-state index in [4.69, 9.17) is 9.84 Å². The zero-order valence-corrected chi connectivity index (χ0v) is 8.50. The number of aliphatic imine (C=N–C) groups is 1. The van der Waals surface area contributed by atoms with Gasteiger partial charge in [-0.1, -0.05) is 11.8 Å². The van der Waals surface area contributed by atoms with Crippen LogP contribution in [0.3, 0.4) is 0 Å². The fraction of sp³-hybridized carbons (Fsp3) is 0.750. The molecule has 0 saturated carbocycles. The number of thioether (sulfide) groups is 1. The highest BCUT2D eigenvalue weighted by molar-refractivity contribution is 8.14. The van der Waals surface area contributed by atoms with Crippen LogP contribution < -0.4 is 0 Å². The molecule has 2 aliphatic rings. The van der Waals surface area contributed by atoms with Crippen molar-refractivity contribution in [1.29, 1.82) is 0 Å². The maximum atomic E-state index is 10.9. The Bertz CT molecular complexity index is 269. The lowest BCUT2D eigenvalue weighted by Crippen LogP contribution is -2.45. The van der Waals surface area contributed by atoms with Crippen LogP contribution in [-0.4, -0.2) is 59.2 Å². The molecule has 1 amide bonds. The van der Waals surface area contributed by atoms with Gasteiger partial charge in [-0.15, -0.1) is 0 Å². The van der Waals surface area contributed by atoms with Crippen LogP contribution >= 0.6 is 11.8 Å². The van der Waals surface area contributed by atoms with Crippen molar-refractivity contribution in [3.63, 3.8) is 0 Å². The Labute approximate surface area is 86.1 Å². The molecule has 1 atom stereocenters. The van der Waals surface area contributed by atoms with Gasteiger partial charge >= 0.3 is 0 Å². The fourth-order valence-electron chi connectivity index (χ4n) is 1.46. The number of aliphatic hydroxyl groups is 1. The van der Waals surface area contributed by atoms with E-state index >= 15 is 0 Å². The second kappa shape index (κ2) is 4.29. The summed E-state index contributed by atoms with van der Waals surface area (Å²) in [4.78, 5) is 16.8. The molecule has 0 unspecified atom stereocenters. The van der Waals surface area contributed by atoms with Crippen LogP contribution in [0.4, 0.5) is 0 Å². The third-order valence-electron chi connectivity index (χ3n) is 2.16. The average molecular weight is 216 g/mol. The molecule has 1 N–H and O–H groups in total. The van der Waals surface area contributed by atoms with Crippen LogP contribution in [0.15, 0.2) is 4.99 Å². The maximum absolute atomic E-state index is 10.9. The summed E-state index contributed by atoms with van der Waals surface area (Å²) in [6.45, 7) is 1.96. The zero-order chi connectivity index (χ0) is 9.97. The van der Waals surface area contributed by atoms with Crippen molar-refractivity contribution in [3.05, 3.63) is 0 Å². The highest BCUT2D eigenvalue weighted by Gasteiger charge is 2.26. The molecule has 0 bridgehead atoms. The van der Waals surface area contributed by atoms with Gasteiger partial charge < -0.3 is 14.7 Å². The molecule has 1 fully saturated rings. The summed E-state index contributed by atoms with van der Waals surface area (Å²) < 4.78 is 5.30. The van der Waals surface area contributed by atoms with E-state index in [0.717, 1.165) is 11.7 Å². The van der Waals surface area contributed by atoms with Crippen molar-refractivity contribution in [2.75, 3.05) is 32.1 Å². The summed E-state index contributed by atoms with van der Waals surface area (Å²) in [6, 6.07) is 0. The molecule has 2 rings (SSSR count). The monoisotopic (exact) mass is 216 g/mol. The first-order chi connectivity index (χ1) is 6.79. The molecule has 1 saturated heterocycles. The van der Waals surface area contributed by atoms with Crippen LogP contribution in [-0.2, 0) is 9.53 Å². The van der Waals surface area contributed by atoms with Crippen molar-refractivity contribution in [2.24, 2.45) is 4.99 Å². The van der Waals surface area contributed by atoms with E-state index in [0.29, 0.717) is 18.9 Å². The molecule has 0 spiro atoms. The summed E-state index contributed by atoms with van der Waals surface area (Å²) in [5.74, 6) is 0.369. The summed E-state index contributed by atoms with van der Waals surface area (Å²) in [5, 5.41) is 9.71. The van der Waals surface area contributed by atoms with Gasteiger partial charge in [0, 0.05) is 13.1 Å². The van der Waals surface area contributed by atoms with Crippen LogP contribution in [0.25, 0.3) is 0 Å². The fourth-order valence-corrected chi connectivity index (χ4v) is 2.29. The van der Waals surface area contributed by atoms with Crippen LogP contribution in [0.5, 0.6) is 0 Å². The maximum Gasteiger partial charge on any atom is 0.258 e. The van der Waals surface area contributed by atoms with E-state index in [9.17, 15) is 4.79 Å². The molecule has 0 aliphatic carbocycles. The zero-order valence-electron chi connectivity index (χ0n) is 7.68. The molecular weight excluding hydrogens is 204 g/mol. The summed E-state index contributed by atoms with van der Waals surface area (Å²) in [5.41, 5.74) is 0. The Balaban J connectivity index is 1.97. The molecule has 0 aromatic rings. The lowest BCUT2D eigenvalue weighted by atomic mass is 10.3. The number of rotatable bonds is 1. The SMILES string of the molecule is O=C1CSC(N2CCO[C@@H](CO)C2)=N1. The summed E-state index contributed by atoms with van der Waals surface area (Å²) in [7, 11) is 0. The minimum Gasteiger partial charge on any atom is -0.394 e. The van der Waals surface area contributed by atoms with Crippen LogP contribution in [0.1, 0.15) is 0 Å². The van der Waals surface area contributed by atoms with E-state index in [2.05, 4.69) is 4.99 Å². The second-order valence-electron chi connectivity index (χ2n) is 3.20. The van der Waals surface area contributed by atoms with Crippen LogP contribution in [0.2, 0.25) is 0 Å². The van der Waals surface area contributed by atoms with E-state index < -0.39 is 0 Å². The van der Waals surface area contributed by atoms with Crippen molar-refractivity contribution in [2.45, 2.75) is 6.10 Å². The number of carbonyl (C=O) groups excluding carboxylic acids is 1. The molecule has 0 aromatic heterocycles. The molecule has 14 heavy (non-hydrogen) atoms. The normalized spacial score (nSPS) is 28.1. The van der Waals surface area contributed by atoms with Gasteiger partial charge in [-0.05, 0) is 0 Å². The van der Waals surface area contributed by atoms with Crippen molar-refractivity contribution < 1.29 is 14.6 Å². The predicted molar refractivity (Wildman–Crippen MR) is 53.3 cm³/mol. The Morgan fingerprint density at radius 3 is 3.21 bits per heavy atom. The highest BCUT2D eigenvalue weighted by Crippen LogP contribution is 2.18. The van der Waals surface area contributed by atoms with Gasteiger partial charge in [0.2, 0.25) is 0 Å². The first-order valence-electron chi connectivity index (χ1n) is 4.51. The van der Waals surface area contributed by atoms with Gasteiger partial charge in [-0.3, -0.25) is 4.79 Å². The number of amides is 1. The van der Waals surface area contributed by atoms with Gasteiger partial charge in [0.25, 0.3) is 5.91 Å². The van der Waals surface area contributed by atoms with Gasteiger partial charge in [0.1, 0.15) is 0 Å². The molecule has 2 aliphatic heterocycles. The largest absolute Gasteiger partial charge is 0.394 e. The highest BCUT2D eigenvalue weighted by atomic mass is 32.2. The van der Waals surface area contributed by atoms with Crippen molar-refractivity contribution in [1.82, 2.24) is 4.90 Å².